The fourth-order valence-electron chi connectivity index (χ4n) is 2.91. The van der Waals surface area contributed by atoms with Gasteiger partial charge in [0.25, 0.3) is 5.91 Å². The van der Waals surface area contributed by atoms with Crippen molar-refractivity contribution in [2.45, 2.75) is 38.1 Å². The van der Waals surface area contributed by atoms with Crippen molar-refractivity contribution in [2.24, 2.45) is 0 Å². The molecule has 20 heavy (non-hydrogen) atoms. The lowest BCUT2D eigenvalue weighted by Gasteiger charge is -2.29. The minimum absolute atomic E-state index is 0.0209. The molecule has 0 saturated heterocycles. The molecule has 1 atom stereocenters. The van der Waals surface area contributed by atoms with Gasteiger partial charge in [-0.15, -0.1) is 0 Å². The average Bonchev–Trinajstić information content (AvgIpc) is 2.86. The largest absolute Gasteiger partial charge is 0.396 e. The van der Waals surface area contributed by atoms with Crippen LogP contribution in [0.5, 0.6) is 0 Å². The van der Waals surface area contributed by atoms with E-state index in [-0.39, 0.29) is 12.5 Å². The van der Waals surface area contributed by atoms with Gasteiger partial charge in [0.1, 0.15) is 0 Å². The number of aliphatic hydroxyl groups excluding tert-OH is 1. The van der Waals surface area contributed by atoms with Gasteiger partial charge in [-0.3, -0.25) is 4.79 Å². The van der Waals surface area contributed by atoms with Crippen LogP contribution in [0.25, 0.3) is 0 Å². The van der Waals surface area contributed by atoms with E-state index in [4.69, 9.17) is 9.84 Å². The van der Waals surface area contributed by atoms with Gasteiger partial charge >= 0.3 is 0 Å². The number of fused-ring (bicyclic) bond motifs is 1. The summed E-state index contributed by atoms with van der Waals surface area (Å²) in [6.45, 7) is 2.30. The summed E-state index contributed by atoms with van der Waals surface area (Å²) in [5, 5.41) is 12.2. The first-order valence-corrected chi connectivity index (χ1v) is 7.13. The molecule has 0 spiro atoms. The third-order valence-corrected chi connectivity index (χ3v) is 3.93. The molecule has 4 heteroatoms. The van der Waals surface area contributed by atoms with E-state index in [0.717, 1.165) is 24.8 Å². The van der Waals surface area contributed by atoms with Crippen molar-refractivity contribution in [3.8, 4) is 0 Å². The highest BCUT2D eigenvalue weighted by atomic mass is 16.5. The van der Waals surface area contributed by atoms with E-state index in [1.165, 1.54) is 11.1 Å². The third kappa shape index (κ3) is 3.19. The molecule has 1 amide bonds. The molecule has 1 aromatic rings. The Morgan fingerprint density at radius 2 is 2.25 bits per heavy atom. The van der Waals surface area contributed by atoms with Gasteiger partial charge in [0.2, 0.25) is 0 Å². The monoisotopic (exact) mass is 277 g/mol. The standard InChI is InChI=1S/C16H23NO3/c1-16(9-10-18,11-20-2)17-15(19)14-8-4-6-12-5-3-7-13(12)14/h4,6,8,18H,3,5,7,9-11H2,1-2H3,(H,17,19). The van der Waals surface area contributed by atoms with E-state index in [0.29, 0.717) is 13.0 Å². The fraction of sp³-hybridized carbons (Fsp3) is 0.562. The molecular formula is C16H23NO3. The summed E-state index contributed by atoms with van der Waals surface area (Å²) >= 11 is 0. The second-order valence-corrected chi connectivity index (χ2v) is 5.72. The molecule has 0 aromatic heterocycles. The van der Waals surface area contributed by atoms with Crippen LogP contribution in [0, 0.1) is 0 Å². The van der Waals surface area contributed by atoms with Crippen LogP contribution in [0.15, 0.2) is 18.2 Å². The van der Waals surface area contributed by atoms with Gasteiger partial charge in [0, 0.05) is 19.3 Å². The number of benzene rings is 1. The Kier molecular flexibility index (Phi) is 4.78. The molecule has 0 radical (unpaired) electrons. The molecule has 0 aliphatic heterocycles. The number of nitrogens with one attached hydrogen (secondary N) is 1. The highest BCUT2D eigenvalue weighted by Gasteiger charge is 2.28. The minimum Gasteiger partial charge on any atom is -0.396 e. The van der Waals surface area contributed by atoms with Crippen LogP contribution >= 0.6 is 0 Å². The average molecular weight is 277 g/mol. The molecule has 1 aliphatic rings. The highest BCUT2D eigenvalue weighted by molar-refractivity contribution is 5.96. The molecule has 4 nitrogen and oxygen atoms in total. The number of carbonyl (C=O) groups excluding carboxylic acids is 1. The Balaban J connectivity index is 2.17. The molecule has 0 heterocycles. The van der Waals surface area contributed by atoms with Crippen LogP contribution in [-0.2, 0) is 17.6 Å². The molecule has 2 rings (SSSR count). The number of aryl methyl sites for hydroxylation is 1. The van der Waals surface area contributed by atoms with Gasteiger partial charge in [-0.05, 0) is 49.8 Å². The zero-order valence-corrected chi connectivity index (χ0v) is 12.2. The number of hydrogen-bond acceptors (Lipinski definition) is 3. The lowest BCUT2D eigenvalue weighted by atomic mass is 9.97. The molecule has 1 aliphatic carbocycles. The molecule has 1 aromatic carbocycles. The molecule has 1 unspecified atom stereocenters. The van der Waals surface area contributed by atoms with Crippen LogP contribution in [0.3, 0.4) is 0 Å². The Labute approximate surface area is 120 Å². The SMILES string of the molecule is COCC(C)(CCO)NC(=O)c1cccc2c1CCC2. The predicted octanol–water partition coefficient (Wildman–Crippen LogP) is 1.69. The smallest absolute Gasteiger partial charge is 0.252 e. The molecule has 0 saturated carbocycles. The van der Waals surface area contributed by atoms with E-state index in [1.807, 2.05) is 19.1 Å². The van der Waals surface area contributed by atoms with Crippen LogP contribution in [0.1, 0.15) is 41.3 Å². The maximum Gasteiger partial charge on any atom is 0.252 e. The zero-order chi connectivity index (χ0) is 14.6. The normalized spacial score (nSPS) is 16.6. The van der Waals surface area contributed by atoms with Gasteiger partial charge in [-0.25, -0.2) is 0 Å². The molecule has 2 N–H and O–H groups in total. The van der Waals surface area contributed by atoms with Crippen molar-refractivity contribution in [1.82, 2.24) is 5.32 Å². The van der Waals surface area contributed by atoms with E-state index in [9.17, 15) is 4.79 Å². The number of amides is 1. The zero-order valence-electron chi connectivity index (χ0n) is 12.2. The number of carbonyl (C=O) groups is 1. The number of rotatable bonds is 6. The summed E-state index contributed by atoms with van der Waals surface area (Å²) in [6, 6.07) is 5.92. The van der Waals surface area contributed by atoms with Crippen LogP contribution < -0.4 is 5.32 Å². The first-order valence-electron chi connectivity index (χ1n) is 7.13. The van der Waals surface area contributed by atoms with Gasteiger partial charge in [0.15, 0.2) is 0 Å². The third-order valence-electron chi connectivity index (χ3n) is 3.93. The fourth-order valence-corrected chi connectivity index (χ4v) is 2.91. The van der Waals surface area contributed by atoms with Gasteiger partial charge in [-0.1, -0.05) is 12.1 Å². The summed E-state index contributed by atoms with van der Waals surface area (Å²) in [6.07, 6.45) is 3.62. The number of hydrogen-bond donors (Lipinski definition) is 2. The number of methoxy groups -OCH3 is 1. The molecule has 110 valence electrons. The first-order chi connectivity index (χ1) is 9.59. The summed E-state index contributed by atoms with van der Waals surface area (Å²) in [5.41, 5.74) is 2.68. The van der Waals surface area contributed by atoms with Crippen LogP contribution in [0.2, 0.25) is 0 Å². The first kappa shape index (κ1) is 15.0. The Morgan fingerprint density at radius 3 is 2.95 bits per heavy atom. The van der Waals surface area contributed by atoms with Crippen LogP contribution in [0.4, 0.5) is 0 Å². The summed E-state index contributed by atoms with van der Waals surface area (Å²) in [4.78, 5) is 12.5. The topological polar surface area (TPSA) is 58.6 Å². The molecule has 0 fully saturated rings. The van der Waals surface area contributed by atoms with Gasteiger partial charge in [-0.2, -0.15) is 0 Å². The number of aliphatic hydroxyl groups is 1. The van der Waals surface area contributed by atoms with Crippen molar-refractivity contribution in [3.63, 3.8) is 0 Å². The summed E-state index contributed by atoms with van der Waals surface area (Å²) in [5.74, 6) is -0.0725. The van der Waals surface area contributed by atoms with Crippen molar-refractivity contribution >= 4 is 5.91 Å². The van der Waals surface area contributed by atoms with Crippen LogP contribution in [-0.4, -0.2) is 36.9 Å². The van der Waals surface area contributed by atoms with Crippen molar-refractivity contribution in [1.29, 1.82) is 0 Å². The highest BCUT2D eigenvalue weighted by Crippen LogP contribution is 2.25. The Hall–Kier alpha value is -1.39. The predicted molar refractivity (Wildman–Crippen MR) is 77.9 cm³/mol. The van der Waals surface area contributed by atoms with Crippen molar-refractivity contribution in [2.75, 3.05) is 20.3 Å². The Bertz CT molecular complexity index is 479. The van der Waals surface area contributed by atoms with E-state index in [1.54, 1.807) is 7.11 Å². The Morgan fingerprint density at radius 1 is 1.45 bits per heavy atom. The van der Waals surface area contributed by atoms with E-state index < -0.39 is 5.54 Å². The lowest BCUT2D eigenvalue weighted by Crippen LogP contribution is -2.50. The lowest BCUT2D eigenvalue weighted by molar-refractivity contribution is 0.0725. The van der Waals surface area contributed by atoms with Crippen molar-refractivity contribution < 1.29 is 14.6 Å². The minimum atomic E-state index is -0.540. The molecule has 0 bridgehead atoms. The maximum absolute atomic E-state index is 12.5. The van der Waals surface area contributed by atoms with Gasteiger partial charge in [0.05, 0.1) is 12.1 Å². The molecular weight excluding hydrogens is 254 g/mol. The number of ether oxygens (including phenoxy) is 1. The van der Waals surface area contributed by atoms with Gasteiger partial charge < -0.3 is 15.2 Å². The second kappa shape index (κ2) is 6.37. The second-order valence-electron chi connectivity index (χ2n) is 5.72. The van der Waals surface area contributed by atoms with E-state index >= 15 is 0 Å². The summed E-state index contributed by atoms with van der Waals surface area (Å²) < 4.78 is 5.16. The quantitative estimate of drug-likeness (QED) is 0.832. The van der Waals surface area contributed by atoms with Crippen molar-refractivity contribution in [3.05, 3.63) is 34.9 Å². The maximum atomic E-state index is 12.5. The summed E-state index contributed by atoms with van der Waals surface area (Å²) in [7, 11) is 1.60. The van der Waals surface area contributed by atoms with E-state index in [2.05, 4.69) is 11.4 Å².